The molecule has 1 unspecified atom stereocenters. The zero-order chi connectivity index (χ0) is 14.6. The molecule has 0 saturated carbocycles. The highest BCUT2D eigenvalue weighted by Crippen LogP contribution is 2.38. The lowest BCUT2D eigenvalue weighted by atomic mass is 10.1. The Morgan fingerprint density at radius 1 is 1.44 bits per heavy atom. The molecule has 0 heterocycles. The average molecular weight is 284 g/mol. The van der Waals surface area contributed by atoms with E-state index in [0.717, 1.165) is 25.3 Å². The molecule has 0 fully saturated rings. The normalized spacial score (nSPS) is 12.2. The molecule has 4 N–H and O–H groups in total. The number of aliphatic hydroxyl groups excluding tert-OH is 1. The Balaban J connectivity index is 0. The van der Waals surface area contributed by atoms with Crippen molar-refractivity contribution in [2.24, 2.45) is 0 Å². The van der Waals surface area contributed by atoms with Gasteiger partial charge < -0.3 is 20.0 Å². The number of unbranched alkanes of at least 4 members (excludes halogenated alkanes) is 2. The summed E-state index contributed by atoms with van der Waals surface area (Å²) in [4.78, 5) is 26.2. The van der Waals surface area contributed by atoms with Crippen molar-refractivity contribution in [3.63, 3.8) is 0 Å². The van der Waals surface area contributed by atoms with Crippen LogP contribution in [0.2, 0.25) is 0 Å². The third kappa shape index (κ3) is 17.7. The van der Waals surface area contributed by atoms with Gasteiger partial charge in [0.2, 0.25) is 0 Å². The molecule has 0 bridgehead atoms. The van der Waals surface area contributed by atoms with Crippen molar-refractivity contribution in [2.45, 2.75) is 38.7 Å². The third-order valence-electron chi connectivity index (χ3n) is 1.79. The minimum absolute atomic E-state index is 0.352. The molecule has 0 radical (unpaired) electrons. The summed E-state index contributed by atoms with van der Waals surface area (Å²) in [5, 5.41) is 16.3. The second-order valence-corrected chi connectivity index (χ2v) is 4.63. The highest BCUT2D eigenvalue weighted by atomic mass is 31.2. The zero-order valence-corrected chi connectivity index (χ0v) is 11.3. The maximum atomic E-state index is 10.4. The molecule has 0 aliphatic heterocycles. The Bertz CT molecular complexity index is 273. The summed E-state index contributed by atoms with van der Waals surface area (Å²) in [5.74, 6) is -0.981. The summed E-state index contributed by atoms with van der Waals surface area (Å²) in [6.07, 6.45) is 3.37. The van der Waals surface area contributed by atoms with Crippen LogP contribution in [0.4, 0.5) is 0 Å². The molecule has 0 aromatic heterocycles. The van der Waals surface area contributed by atoms with Crippen LogP contribution in [0.3, 0.4) is 0 Å². The molecular formula is C10H21O7P. The maximum Gasteiger partial charge on any atom is 0.469 e. The number of phosphoric ester groups is 1. The van der Waals surface area contributed by atoms with Crippen LogP contribution in [0.1, 0.15) is 32.6 Å². The van der Waals surface area contributed by atoms with Gasteiger partial charge in [-0.15, -0.1) is 0 Å². The molecule has 0 aromatic carbocycles. The van der Waals surface area contributed by atoms with Crippen LogP contribution in [0.5, 0.6) is 0 Å². The van der Waals surface area contributed by atoms with Crippen LogP contribution in [-0.2, 0) is 13.9 Å². The fourth-order valence-electron chi connectivity index (χ4n) is 0.994. The number of carboxylic acid groups (broad SMARTS) is 1. The summed E-state index contributed by atoms with van der Waals surface area (Å²) >= 11 is 0. The van der Waals surface area contributed by atoms with Gasteiger partial charge in [0.25, 0.3) is 0 Å². The van der Waals surface area contributed by atoms with Gasteiger partial charge in [-0.1, -0.05) is 32.8 Å². The monoisotopic (exact) mass is 284 g/mol. The first-order valence-corrected chi connectivity index (χ1v) is 7.00. The molecule has 0 saturated heterocycles. The van der Waals surface area contributed by atoms with Crippen LogP contribution in [0.25, 0.3) is 0 Å². The first-order valence-electron chi connectivity index (χ1n) is 5.47. The van der Waals surface area contributed by atoms with E-state index in [1.807, 2.05) is 6.92 Å². The molecule has 0 rings (SSSR count). The third-order valence-corrected chi connectivity index (χ3v) is 2.37. The van der Waals surface area contributed by atoms with E-state index in [1.165, 1.54) is 0 Å². The van der Waals surface area contributed by atoms with E-state index in [2.05, 4.69) is 11.1 Å². The largest absolute Gasteiger partial charge is 0.478 e. The molecule has 0 aromatic rings. The highest BCUT2D eigenvalue weighted by Gasteiger charge is 2.20. The van der Waals surface area contributed by atoms with Crippen molar-refractivity contribution in [3.8, 4) is 0 Å². The summed E-state index contributed by atoms with van der Waals surface area (Å²) in [6, 6.07) is 0. The van der Waals surface area contributed by atoms with Crippen LogP contribution in [0.15, 0.2) is 12.7 Å². The van der Waals surface area contributed by atoms with Gasteiger partial charge in [-0.25, -0.2) is 9.36 Å². The maximum absolute atomic E-state index is 10.4. The van der Waals surface area contributed by atoms with E-state index >= 15 is 0 Å². The Kier molecular flexibility index (Phi) is 12.4. The van der Waals surface area contributed by atoms with Crippen molar-refractivity contribution < 1.29 is 33.9 Å². The number of aliphatic carboxylic acids is 1. The second-order valence-electron chi connectivity index (χ2n) is 3.44. The van der Waals surface area contributed by atoms with Gasteiger partial charge in [0.05, 0.1) is 12.7 Å². The van der Waals surface area contributed by atoms with Crippen LogP contribution in [-0.4, -0.2) is 38.7 Å². The van der Waals surface area contributed by atoms with E-state index in [1.54, 1.807) is 0 Å². The number of hydrogen-bond acceptors (Lipinski definition) is 4. The highest BCUT2D eigenvalue weighted by molar-refractivity contribution is 7.46. The second kappa shape index (κ2) is 11.4. The fraction of sp³-hybridized carbons (Fsp3) is 0.700. The Morgan fingerprint density at radius 2 is 1.94 bits per heavy atom. The quantitative estimate of drug-likeness (QED) is 0.301. The van der Waals surface area contributed by atoms with Crippen molar-refractivity contribution >= 4 is 13.8 Å². The van der Waals surface area contributed by atoms with Gasteiger partial charge in [-0.2, -0.15) is 0 Å². The predicted molar refractivity (Wildman–Crippen MR) is 66.0 cm³/mol. The van der Waals surface area contributed by atoms with Crippen LogP contribution < -0.4 is 0 Å². The molecule has 8 heteroatoms. The lowest BCUT2D eigenvalue weighted by Crippen LogP contribution is -2.16. The average Bonchev–Trinajstić information content (AvgIpc) is 2.27. The minimum Gasteiger partial charge on any atom is -0.478 e. The summed E-state index contributed by atoms with van der Waals surface area (Å²) < 4.78 is 14.7. The van der Waals surface area contributed by atoms with Crippen LogP contribution >= 0.6 is 7.82 Å². The van der Waals surface area contributed by atoms with E-state index in [-0.39, 0.29) is 6.61 Å². The molecule has 0 aliphatic rings. The van der Waals surface area contributed by atoms with Gasteiger partial charge in [0.1, 0.15) is 0 Å². The lowest BCUT2D eigenvalue weighted by Gasteiger charge is -2.15. The number of phosphoric acid groups is 1. The zero-order valence-electron chi connectivity index (χ0n) is 10.4. The number of hydrogen-bond donors (Lipinski definition) is 4. The Labute approximate surface area is 106 Å². The standard InChI is InChI=1S/C7H17O5P.C3H4O2/c1-2-3-4-5-7(6-8)12-13(9,10)11;1-2-3(4)5/h7-8H,2-6H2,1H3,(H2,9,10,11);2H,1H2,(H,4,5). The predicted octanol–water partition coefficient (Wildman–Crippen LogP) is 1.29. The Hall–Kier alpha value is -0.720. The van der Waals surface area contributed by atoms with Gasteiger partial charge in [0.15, 0.2) is 0 Å². The van der Waals surface area contributed by atoms with Gasteiger partial charge >= 0.3 is 13.8 Å². The minimum atomic E-state index is -4.45. The molecule has 0 spiro atoms. The Morgan fingerprint density at radius 3 is 2.22 bits per heavy atom. The lowest BCUT2D eigenvalue weighted by molar-refractivity contribution is -0.131. The first-order chi connectivity index (χ1) is 8.26. The number of carboxylic acids is 1. The molecule has 108 valence electrons. The van der Waals surface area contributed by atoms with Crippen molar-refractivity contribution in [1.29, 1.82) is 0 Å². The number of carbonyl (C=O) groups is 1. The fourth-order valence-corrected chi connectivity index (χ4v) is 1.55. The SMILES string of the molecule is C=CC(=O)O.CCCCCC(CO)OP(=O)(O)O. The van der Waals surface area contributed by atoms with Gasteiger partial charge in [-0.3, -0.25) is 4.52 Å². The molecule has 7 nitrogen and oxygen atoms in total. The molecular weight excluding hydrogens is 263 g/mol. The van der Waals surface area contributed by atoms with Crippen LogP contribution in [0, 0.1) is 0 Å². The summed E-state index contributed by atoms with van der Waals surface area (Å²) in [7, 11) is -4.45. The molecule has 0 amide bonds. The summed E-state index contributed by atoms with van der Waals surface area (Å²) in [5.41, 5.74) is 0. The van der Waals surface area contributed by atoms with Gasteiger partial charge in [-0.05, 0) is 6.42 Å². The van der Waals surface area contributed by atoms with E-state index in [4.69, 9.17) is 20.0 Å². The summed E-state index contributed by atoms with van der Waals surface area (Å²) in [6.45, 7) is 4.63. The van der Waals surface area contributed by atoms with E-state index in [9.17, 15) is 9.36 Å². The topological polar surface area (TPSA) is 124 Å². The van der Waals surface area contributed by atoms with E-state index < -0.39 is 19.9 Å². The molecule has 0 aliphatic carbocycles. The van der Waals surface area contributed by atoms with Crippen molar-refractivity contribution in [3.05, 3.63) is 12.7 Å². The molecule has 1 atom stereocenters. The van der Waals surface area contributed by atoms with E-state index in [0.29, 0.717) is 6.42 Å². The molecule has 18 heavy (non-hydrogen) atoms. The van der Waals surface area contributed by atoms with Gasteiger partial charge in [0, 0.05) is 6.08 Å². The van der Waals surface area contributed by atoms with Crippen molar-refractivity contribution in [1.82, 2.24) is 0 Å². The smallest absolute Gasteiger partial charge is 0.469 e. The first kappa shape index (κ1) is 19.6. The van der Waals surface area contributed by atoms with Crippen molar-refractivity contribution in [2.75, 3.05) is 6.61 Å². The number of aliphatic hydroxyl groups is 1. The number of rotatable bonds is 8.